The maximum Gasteiger partial charge on any atom is 0.224 e. The SMILES string of the molecule is CCN(Cc1cccc(F)c1)C(=O)CC1(N)CCC1.Cl. The number of benzene rings is 1. The molecule has 112 valence electrons. The summed E-state index contributed by atoms with van der Waals surface area (Å²) in [6.45, 7) is 3.00. The third kappa shape index (κ3) is 4.18. The first-order valence-corrected chi connectivity index (χ1v) is 6.83. The summed E-state index contributed by atoms with van der Waals surface area (Å²) in [6.07, 6.45) is 3.36. The van der Waals surface area contributed by atoms with Gasteiger partial charge < -0.3 is 10.6 Å². The van der Waals surface area contributed by atoms with Gasteiger partial charge in [-0.15, -0.1) is 12.4 Å². The molecule has 1 fully saturated rings. The molecular formula is C15H22ClFN2O. The average Bonchev–Trinajstić information content (AvgIpc) is 2.34. The first-order valence-electron chi connectivity index (χ1n) is 6.83. The minimum Gasteiger partial charge on any atom is -0.339 e. The van der Waals surface area contributed by atoms with Gasteiger partial charge in [0.25, 0.3) is 0 Å². The molecule has 2 rings (SSSR count). The molecular weight excluding hydrogens is 279 g/mol. The maximum absolute atomic E-state index is 13.1. The van der Waals surface area contributed by atoms with Gasteiger partial charge in [-0.1, -0.05) is 12.1 Å². The van der Waals surface area contributed by atoms with Gasteiger partial charge in [-0.2, -0.15) is 0 Å². The van der Waals surface area contributed by atoms with Crippen molar-refractivity contribution in [3.63, 3.8) is 0 Å². The smallest absolute Gasteiger partial charge is 0.224 e. The van der Waals surface area contributed by atoms with E-state index in [0.29, 0.717) is 19.5 Å². The number of hydrogen-bond donors (Lipinski definition) is 1. The molecule has 1 aromatic rings. The highest BCUT2D eigenvalue weighted by Gasteiger charge is 2.35. The Bertz CT molecular complexity index is 463. The lowest BCUT2D eigenvalue weighted by atomic mass is 9.75. The van der Waals surface area contributed by atoms with Crippen LogP contribution in [0.2, 0.25) is 0 Å². The summed E-state index contributed by atoms with van der Waals surface area (Å²) < 4.78 is 13.1. The van der Waals surface area contributed by atoms with Crippen LogP contribution in [-0.2, 0) is 11.3 Å². The van der Waals surface area contributed by atoms with Gasteiger partial charge in [-0.05, 0) is 43.9 Å². The monoisotopic (exact) mass is 300 g/mol. The van der Waals surface area contributed by atoms with Crippen LogP contribution >= 0.6 is 12.4 Å². The minimum absolute atomic E-state index is 0. The third-order valence-corrected chi connectivity index (χ3v) is 3.85. The van der Waals surface area contributed by atoms with E-state index in [1.165, 1.54) is 12.1 Å². The van der Waals surface area contributed by atoms with Crippen LogP contribution in [0.15, 0.2) is 24.3 Å². The highest BCUT2D eigenvalue weighted by Crippen LogP contribution is 2.32. The molecule has 0 aromatic heterocycles. The lowest BCUT2D eigenvalue weighted by Gasteiger charge is -2.38. The molecule has 1 aliphatic carbocycles. The second-order valence-electron chi connectivity index (χ2n) is 5.43. The molecule has 0 heterocycles. The number of amides is 1. The van der Waals surface area contributed by atoms with Crippen LogP contribution < -0.4 is 5.73 Å². The summed E-state index contributed by atoms with van der Waals surface area (Å²) in [5.74, 6) is -0.204. The first kappa shape index (κ1) is 16.9. The number of rotatable bonds is 5. The van der Waals surface area contributed by atoms with Gasteiger partial charge in [0.05, 0.1) is 0 Å². The standard InChI is InChI=1S/C15H21FN2O.ClH/c1-2-18(11-12-5-3-6-13(16)9-12)14(19)10-15(17)7-4-8-15;/h3,5-6,9H,2,4,7-8,10-11,17H2,1H3;1H. The Morgan fingerprint density at radius 3 is 2.65 bits per heavy atom. The maximum atomic E-state index is 13.1. The van der Waals surface area contributed by atoms with Crippen LogP contribution in [0.4, 0.5) is 4.39 Å². The molecule has 1 aliphatic rings. The molecule has 0 bridgehead atoms. The van der Waals surface area contributed by atoms with Gasteiger partial charge in [0, 0.05) is 25.0 Å². The van der Waals surface area contributed by atoms with Crippen LogP contribution in [-0.4, -0.2) is 22.9 Å². The number of hydrogen-bond acceptors (Lipinski definition) is 2. The van der Waals surface area contributed by atoms with E-state index in [1.807, 2.05) is 13.0 Å². The normalized spacial score (nSPS) is 15.9. The Balaban J connectivity index is 0.00000200. The molecule has 1 amide bonds. The zero-order valence-corrected chi connectivity index (χ0v) is 12.6. The van der Waals surface area contributed by atoms with Crippen LogP contribution in [0.5, 0.6) is 0 Å². The van der Waals surface area contributed by atoms with E-state index in [1.54, 1.807) is 11.0 Å². The summed E-state index contributed by atoms with van der Waals surface area (Å²) in [7, 11) is 0. The zero-order chi connectivity index (χ0) is 13.9. The van der Waals surface area contributed by atoms with Crippen molar-refractivity contribution in [2.24, 2.45) is 5.73 Å². The lowest BCUT2D eigenvalue weighted by molar-refractivity contribution is -0.133. The second-order valence-corrected chi connectivity index (χ2v) is 5.43. The van der Waals surface area contributed by atoms with E-state index in [-0.39, 0.29) is 29.7 Å². The quantitative estimate of drug-likeness (QED) is 0.909. The summed E-state index contributed by atoms with van der Waals surface area (Å²) in [5, 5.41) is 0. The Morgan fingerprint density at radius 1 is 1.45 bits per heavy atom. The molecule has 1 saturated carbocycles. The molecule has 3 nitrogen and oxygen atoms in total. The number of carbonyl (C=O) groups is 1. The summed E-state index contributed by atoms with van der Waals surface area (Å²) in [5.41, 5.74) is 6.62. The van der Waals surface area contributed by atoms with E-state index in [2.05, 4.69) is 0 Å². The van der Waals surface area contributed by atoms with Gasteiger partial charge in [0.15, 0.2) is 0 Å². The molecule has 0 spiro atoms. The van der Waals surface area contributed by atoms with Crippen LogP contribution in [0.1, 0.15) is 38.2 Å². The molecule has 1 aromatic carbocycles. The van der Waals surface area contributed by atoms with Crippen molar-refractivity contribution in [2.75, 3.05) is 6.54 Å². The van der Waals surface area contributed by atoms with E-state index in [9.17, 15) is 9.18 Å². The summed E-state index contributed by atoms with van der Waals surface area (Å²) in [4.78, 5) is 14.0. The van der Waals surface area contributed by atoms with Gasteiger partial charge in [-0.25, -0.2) is 4.39 Å². The van der Waals surface area contributed by atoms with Gasteiger partial charge in [0.1, 0.15) is 5.82 Å². The second kappa shape index (κ2) is 7.04. The van der Waals surface area contributed by atoms with Crippen molar-refractivity contribution in [2.45, 2.75) is 44.7 Å². The van der Waals surface area contributed by atoms with E-state index < -0.39 is 0 Å². The fourth-order valence-electron chi connectivity index (χ4n) is 2.45. The fourth-order valence-corrected chi connectivity index (χ4v) is 2.45. The fraction of sp³-hybridized carbons (Fsp3) is 0.533. The molecule has 0 radical (unpaired) electrons. The van der Waals surface area contributed by atoms with E-state index in [4.69, 9.17) is 5.73 Å². The van der Waals surface area contributed by atoms with Gasteiger partial charge in [-0.3, -0.25) is 4.79 Å². The first-order chi connectivity index (χ1) is 9.02. The number of nitrogens with zero attached hydrogens (tertiary/aromatic N) is 1. The average molecular weight is 301 g/mol. The summed E-state index contributed by atoms with van der Waals surface area (Å²) in [6, 6.07) is 6.38. The van der Waals surface area contributed by atoms with Crippen molar-refractivity contribution in [1.29, 1.82) is 0 Å². The largest absolute Gasteiger partial charge is 0.339 e. The lowest BCUT2D eigenvalue weighted by Crippen LogP contribution is -2.50. The molecule has 0 aliphatic heterocycles. The third-order valence-electron chi connectivity index (χ3n) is 3.85. The van der Waals surface area contributed by atoms with E-state index >= 15 is 0 Å². The van der Waals surface area contributed by atoms with Crippen molar-refractivity contribution < 1.29 is 9.18 Å². The highest BCUT2D eigenvalue weighted by atomic mass is 35.5. The number of carbonyl (C=O) groups excluding carboxylic acids is 1. The highest BCUT2D eigenvalue weighted by molar-refractivity contribution is 5.85. The van der Waals surface area contributed by atoms with Crippen LogP contribution in [0.3, 0.4) is 0 Å². The number of halogens is 2. The topological polar surface area (TPSA) is 46.3 Å². The van der Waals surface area contributed by atoms with Crippen molar-refractivity contribution in [3.8, 4) is 0 Å². The molecule has 0 atom stereocenters. The minimum atomic E-state index is -0.299. The zero-order valence-electron chi connectivity index (χ0n) is 11.8. The van der Waals surface area contributed by atoms with Crippen LogP contribution in [0, 0.1) is 5.82 Å². The van der Waals surface area contributed by atoms with E-state index in [0.717, 1.165) is 24.8 Å². The Labute approximate surface area is 125 Å². The van der Waals surface area contributed by atoms with Crippen LogP contribution in [0.25, 0.3) is 0 Å². The Morgan fingerprint density at radius 2 is 2.15 bits per heavy atom. The summed E-state index contributed by atoms with van der Waals surface area (Å²) >= 11 is 0. The Hall–Kier alpha value is -1.13. The Kier molecular flexibility index (Phi) is 5.96. The molecule has 2 N–H and O–H groups in total. The molecule has 0 saturated heterocycles. The predicted octanol–water partition coefficient (Wildman–Crippen LogP) is 2.87. The predicted molar refractivity (Wildman–Crippen MR) is 80.1 cm³/mol. The van der Waals surface area contributed by atoms with Crippen molar-refractivity contribution >= 4 is 18.3 Å². The van der Waals surface area contributed by atoms with Crippen molar-refractivity contribution in [3.05, 3.63) is 35.6 Å². The van der Waals surface area contributed by atoms with Gasteiger partial charge >= 0.3 is 0 Å². The number of nitrogens with two attached hydrogens (primary N) is 1. The molecule has 5 heteroatoms. The van der Waals surface area contributed by atoms with Crippen molar-refractivity contribution in [1.82, 2.24) is 4.90 Å². The molecule has 20 heavy (non-hydrogen) atoms. The molecule has 0 unspecified atom stereocenters. The van der Waals surface area contributed by atoms with Gasteiger partial charge in [0.2, 0.25) is 5.91 Å².